The molecule has 0 aliphatic rings. The molecule has 160 valence electrons. The minimum Gasteiger partial charge on any atom is -0.298 e. The minimum absolute atomic E-state index is 0.00887. The molecule has 4 aromatic heterocycles. The van der Waals surface area contributed by atoms with E-state index in [-0.39, 0.29) is 10.1 Å². The average molecular weight is 451 g/mol. The van der Waals surface area contributed by atoms with Crippen molar-refractivity contribution in [1.82, 2.24) is 18.8 Å². The van der Waals surface area contributed by atoms with Crippen molar-refractivity contribution in [2.24, 2.45) is 0 Å². The van der Waals surface area contributed by atoms with Gasteiger partial charge in [-0.3, -0.25) is 8.80 Å². The first kappa shape index (κ1) is 19.5. The SMILES string of the molecule is O=S(=O)(c1nc(-c2ccccc2)n2ccccc12)c1nc(-c2ccccc2)n2ccccc12. The third-order valence-electron chi connectivity index (χ3n) is 5.60. The molecule has 0 saturated carbocycles. The summed E-state index contributed by atoms with van der Waals surface area (Å²) in [5.41, 5.74) is 2.68. The highest BCUT2D eigenvalue weighted by atomic mass is 32.2. The van der Waals surface area contributed by atoms with E-state index >= 15 is 0 Å². The minimum atomic E-state index is -4.03. The lowest BCUT2D eigenvalue weighted by Gasteiger charge is -2.01. The van der Waals surface area contributed by atoms with Gasteiger partial charge in [0.05, 0.1) is 11.0 Å². The molecule has 0 aliphatic carbocycles. The van der Waals surface area contributed by atoms with Gasteiger partial charge >= 0.3 is 0 Å². The van der Waals surface area contributed by atoms with Gasteiger partial charge in [-0.25, -0.2) is 18.4 Å². The van der Waals surface area contributed by atoms with Crippen molar-refractivity contribution < 1.29 is 8.42 Å². The van der Waals surface area contributed by atoms with Crippen LogP contribution >= 0.6 is 0 Å². The zero-order valence-electron chi connectivity index (χ0n) is 17.4. The number of pyridine rings is 2. The van der Waals surface area contributed by atoms with Gasteiger partial charge in [0.15, 0.2) is 10.1 Å². The third-order valence-corrected chi connectivity index (χ3v) is 7.22. The summed E-state index contributed by atoms with van der Waals surface area (Å²) in [6, 6.07) is 30.0. The summed E-state index contributed by atoms with van der Waals surface area (Å²) in [5, 5.41) is -0.0177. The molecular formula is C26H18N4O2S. The van der Waals surface area contributed by atoms with E-state index in [0.29, 0.717) is 22.7 Å². The van der Waals surface area contributed by atoms with Crippen molar-refractivity contribution >= 4 is 20.9 Å². The second-order valence-electron chi connectivity index (χ2n) is 7.63. The highest BCUT2D eigenvalue weighted by Gasteiger charge is 2.31. The molecule has 7 heteroatoms. The van der Waals surface area contributed by atoms with Crippen LogP contribution in [-0.2, 0) is 9.84 Å². The van der Waals surface area contributed by atoms with E-state index < -0.39 is 9.84 Å². The monoisotopic (exact) mass is 450 g/mol. The normalized spacial score (nSPS) is 11.9. The Labute approximate surface area is 190 Å². The molecule has 2 aromatic carbocycles. The van der Waals surface area contributed by atoms with Crippen LogP contribution in [0.1, 0.15) is 0 Å². The summed E-state index contributed by atoms with van der Waals surface area (Å²) >= 11 is 0. The van der Waals surface area contributed by atoms with Crippen LogP contribution in [0.2, 0.25) is 0 Å². The summed E-state index contributed by atoms with van der Waals surface area (Å²) in [6.07, 6.45) is 3.65. The van der Waals surface area contributed by atoms with Crippen molar-refractivity contribution in [3.63, 3.8) is 0 Å². The van der Waals surface area contributed by atoms with E-state index in [1.54, 1.807) is 20.9 Å². The van der Waals surface area contributed by atoms with Crippen LogP contribution in [0.15, 0.2) is 120 Å². The fraction of sp³-hybridized carbons (Fsp3) is 0. The summed E-state index contributed by atoms with van der Waals surface area (Å²) in [7, 11) is -4.03. The van der Waals surface area contributed by atoms with E-state index in [1.165, 1.54) is 0 Å². The number of hydrogen-bond donors (Lipinski definition) is 0. The molecule has 6 rings (SSSR count). The summed E-state index contributed by atoms with van der Waals surface area (Å²) < 4.78 is 31.6. The second-order valence-corrected chi connectivity index (χ2v) is 9.41. The lowest BCUT2D eigenvalue weighted by Crippen LogP contribution is -2.04. The molecule has 0 amide bonds. The van der Waals surface area contributed by atoms with Crippen LogP contribution in [0.4, 0.5) is 0 Å². The van der Waals surface area contributed by atoms with Gasteiger partial charge in [0.25, 0.3) is 0 Å². The number of hydrogen-bond acceptors (Lipinski definition) is 4. The molecular weight excluding hydrogens is 432 g/mol. The molecule has 0 unspecified atom stereocenters. The lowest BCUT2D eigenvalue weighted by molar-refractivity contribution is 0.592. The Kier molecular flexibility index (Phi) is 4.38. The van der Waals surface area contributed by atoms with Crippen LogP contribution in [-0.4, -0.2) is 27.2 Å². The number of aromatic nitrogens is 4. The molecule has 0 atom stereocenters. The Hall–Kier alpha value is -4.23. The first-order chi connectivity index (χ1) is 16.1. The fourth-order valence-electron chi connectivity index (χ4n) is 4.09. The standard InChI is InChI=1S/C26H18N4O2S/c31-33(32,25-21-15-7-9-17-29(21)23(27-25)19-11-3-1-4-12-19)26-22-16-8-10-18-30(22)24(28-26)20-13-5-2-6-14-20/h1-18H. The van der Waals surface area contributed by atoms with Crippen LogP contribution in [0.3, 0.4) is 0 Å². The maximum atomic E-state index is 14.0. The number of nitrogens with zero attached hydrogens (tertiary/aromatic N) is 4. The Morgan fingerprint density at radius 2 is 0.909 bits per heavy atom. The molecule has 0 N–H and O–H groups in total. The Morgan fingerprint density at radius 1 is 0.515 bits per heavy atom. The molecule has 6 aromatic rings. The van der Waals surface area contributed by atoms with Gasteiger partial charge in [0.2, 0.25) is 9.84 Å². The smallest absolute Gasteiger partial charge is 0.245 e. The quantitative estimate of drug-likeness (QED) is 0.373. The van der Waals surface area contributed by atoms with Crippen LogP contribution in [0, 0.1) is 0 Å². The topological polar surface area (TPSA) is 68.7 Å². The van der Waals surface area contributed by atoms with Gasteiger partial charge in [-0.2, -0.15) is 0 Å². The Balaban J connectivity index is 1.63. The first-order valence-electron chi connectivity index (χ1n) is 10.4. The molecule has 0 bridgehead atoms. The second kappa shape index (κ2) is 7.43. The number of sulfone groups is 1. The molecule has 0 spiro atoms. The largest absolute Gasteiger partial charge is 0.298 e. The van der Waals surface area contributed by atoms with Crippen molar-refractivity contribution in [2.45, 2.75) is 10.1 Å². The fourth-order valence-corrected chi connectivity index (χ4v) is 5.57. The molecule has 0 radical (unpaired) electrons. The summed E-state index contributed by atoms with van der Waals surface area (Å²) in [4.78, 5) is 9.24. The van der Waals surface area contributed by atoms with Crippen molar-refractivity contribution in [1.29, 1.82) is 0 Å². The maximum absolute atomic E-state index is 14.0. The van der Waals surface area contributed by atoms with Crippen molar-refractivity contribution in [2.75, 3.05) is 0 Å². The third kappa shape index (κ3) is 3.05. The summed E-state index contributed by atoms with van der Waals surface area (Å²) in [5.74, 6) is 1.13. The number of rotatable bonds is 4. The molecule has 0 fully saturated rings. The van der Waals surface area contributed by atoms with Gasteiger partial charge in [-0.05, 0) is 24.3 Å². The predicted octanol–water partition coefficient (Wildman–Crippen LogP) is 5.15. The van der Waals surface area contributed by atoms with E-state index in [0.717, 1.165) is 11.1 Å². The number of imidazole rings is 2. The van der Waals surface area contributed by atoms with Gasteiger partial charge in [-0.1, -0.05) is 72.8 Å². The molecule has 0 aliphatic heterocycles. The molecule has 6 nitrogen and oxygen atoms in total. The van der Waals surface area contributed by atoms with E-state index in [2.05, 4.69) is 9.97 Å². The predicted molar refractivity (Wildman–Crippen MR) is 127 cm³/mol. The Morgan fingerprint density at radius 3 is 1.33 bits per heavy atom. The van der Waals surface area contributed by atoms with E-state index in [9.17, 15) is 8.42 Å². The van der Waals surface area contributed by atoms with E-state index in [1.807, 2.05) is 97.3 Å². The number of benzene rings is 2. The van der Waals surface area contributed by atoms with Crippen LogP contribution in [0.25, 0.3) is 33.8 Å². The molecule has 33 heavy (non-hydrogen) atoms. The zero-order chi connectivity index (χ0) is 22.4. The first-order valence-corrected chi connectivity index (χ1v) is 11.9. The molecule has 0 saturated heterocycles. The average Bonchev–Trinajstić information content (AvgIpc) is 3.46. The van der Waals surface area contributed by atoms with Gasteiger partial charge < -0.3 is 0 Å². The lowest BCUT2D eigenvalue weighted by atomic mass is 10.2. The van der Waals surface area contributed by atoms with Crippen LogP contribution < -0.4 is 0 Å². The highest BCUT2D eigenvalue weighted by molar-refractivity contribution is 7.91. The highest BCUT2D eigenvalue weighted by Crippen LogP contribution is 2.33. The van der Waals surface area contributed by atoms with Crippen molar-refractivity contribution in [3.8, 4) is 22.8 Å². The zero-order valence-corrected chi connectivity index (χ0v) is 18.2. The van der Waals surface area contributed by atoms with Crippen molar-refractivity contribution in [3.05, 3.63) is 109 Å². The molecule has 4 heterocycles. The van der Waals surface area contributed by atoms with Crippen LogP contribution in [0.5, 0.6) is 0 Å². The summed E-state index contributed by atoms with van der Waals surface area (Å²) in [6.45, 7) is 0. The van der Waals surface area contributed by atoms with Gasteiger partial charge in [0, 0.05) is 23.5 Å². The number of fused-ring (bicyclic) bond motifs is 2. The van der Waals surface area contributed by atoms with Gasteiger partial charge in [-0.15, -0.1) is 0 Å². The maximum Gasteiger partial charge on any atom is 0.245 e. The van der Waals surface area contributed by atoms with E-state index in [4.69, 9.17) is 0 Å². The Bertz CT molecular complexity index is 1600. The van der Waals surface area contributed by atoms with Gasteiger partial charge in [0.1, 0.15) is 11.6 Å².